The lowest BCUT2D eigenvalue weighted by molar-refractivity contribution is -0.138. The number of nitrogens with zero attached hydrogens (tertiary/aromatic N) is 2. The summed E-state index contributed by atoms with van der Waals surface area (Å²) in [5.74, 6) is -1.30. The lowest BCUT2D eigenvalue weighted by Crippen LogP contribution is -2.40. The van der Waals surface area contributed by atoms with E-state index in [1.54, 1.807) is 19.9 Å². The van der Waals surface area contributed by atoms with Crippen LogP contribution < -0.4 is 0 Å². The van der Waals surface area contributed by atoms with Gasteiger partial charge in [0.2, 0.25) is 0 Å². The van der Waals surface area contributed by atoms with E-state index in [0.29, 0.717) is 5.56 Å². The molecule has 0 saturated heterocycles. The van der Waals surface area contributed by atoms with E-state index in [9.17, 15) is 9.59 Å². The summed E-state index contributed by atoms with van der Waals surface area (Å²) in [5.41, 5.74) is 1.96. The van der Waals surface area contributed by atoms with Crippen molar-refractivity contribution in [2.75, 3.05) is 6.54 Å². The molecular weight excluding hydrogens is 268 g/mol. The topological polar surface area (TPSA) is 70.5 Å². The zero-order valence-electron chi connectivity index (χ0n) is 12.3. The number of aryl methyl sites for hydroxylation is 1. The van der Waals surface area contributed by atoms with E-state index in [4.69, 9.17) is 5.11 Å². The van der Waals surface area contributed by atoms with Crippen LogP contribution in [-0.2, 0) is 4.79 Å². The van der Waals surface area contributed by atoms with Crippen molar-refractivity contribution in [3.05, 3.63) is 41.6 Å². The number of hydrogen-bond acceptors (Lipinski definition) is 3. The Labute approximate surface area is 123 Å². The molecule has 2 rings (SSSR count). The van der Waals surface area contributed by atoms with Gasteiger partial charge in [-0.05, 0) is 32.9 Å². The summed E-state index contributed by atoms with van der Waals surface area (Å²) < 4.78 is 0. The van der Waals surface area contributed by atoms with Gasteiger partial charge in [-0.2, -0.15) is 0 Å². The molecule has 1 amide bonds. The number of rotatable bonds is 4. The smallest absolute Gasteiger partial charge is 0.323 e. The summed E-state index contributed by atoms with van der Waals surface area (Å²) in [5, 5.41) is 9.73. The SMILES string of the molecule is Cc1cc(C(=O)N(CC(=O)O)C(C)C)c2ccccc2n1. The van der Waals surface area contributed by atoms with Gasteiger partial charge in [-0.1, -0.05) is 18.2 Å². The molecule has 0 saturated carbocycles. The zero-order chi connectivity index (χ0) is 15.6. The first-order chi connectivity index (χ1) is 9.90. The fourth-order valence-corrected chi connectivity index (χ4v) is 2.27. The van der Waals surface area contributed by atoms with E-state index in [2.05, 4.69) is 4.98 Å². The fourth-order valence-electron chi connectivity index (χ4n) is 2.27. The molecule has 0 unspecified atom stereocenters. The normalized spacial score (nSPS) is 10.9. The van der Waals surface area contributed by atoms with Crippen molar-refractivity contribution in [1.82, 2.24) is 9.88 Å². The Kier molecular flexibility index (Phi) is 4.21. The van der Waals surface area contributed by atoms with Gasteiger partial charge in [0.25, 0.3) is 5.91 Å². The van der Waals surface area contributed by atoms with Gasteiger partial charge < -0.3 is 10.0 Å². The van der Waals surface area contributed by atoms with Gasteiger partial charge in [-0.3, -0.25) is 14.6 Å². The standard InChI is InChI=1S/C16H18N2O3/c1-10(2)18(9-15(19)20)16(21)13-8-11(3)17-14-7-5-4-6-12(13)14/h4-8,10H,9H2,1-3H3,(H,19,20). The third-order valence-corrected chi connectivity index (χ3v) is 3.26. The fraction of sp³-hybridized carbons (Fsp3) is 0.312. The van der Waals surface area contributed by atoms with Crippen molar-refractivity contribution in [2.45, 2.75) is 26.8 Å². The predicted molar refractivity (Wildman–Crippen MR) is 80.3 cm³/mol. The molecule has 1 aromatic heterocycles. The number of pyridine rings is 1. The summed E-state index contributed by atoms with van der Waals surface area (Å²) in [4.78, 5) is 29.4. The molecule has 21 heavy (non-hydrogen) atoms. The van der Waals surface area contributed by atoms with Crippen LogP contribution in [0.25, 0.3) is 10.9 Å². The van der Waals surface area contributed by atoms with E-state index in [1.165, 1.54) is 4.90 Å². The van der Waals surface area contributed by atoms with E-state index in [0.717, 1.165) is 16.6 Å². The Morgan fingerprint density at radius 3 is 2.57 bits per heavy atom. The van der Waals surface area contributed by atoms with Crippen LogP contribution in [0.3, 0.4) is 0 Å². The van der Waals surface area contributed by atoms with Crippen molar-refractivity contribution in [3.8, 4) is 0 Å². The molecule has 1 N–H and O–H groups in total. The van der Waals surface area contributed by atoms with E-state index in [1.807, 2.05) is 31.2 Å². The van der Waals surface area contributed by atoms with Gasteiger partial charge in [0.1, 0.15) is 6.54 Å². The molecule has 0 radical (unpaired) electrons. The highest BCUT2D eigenvalue weighted by Crippen LogP contribution is 2.20. The molecule has 0 aliphatic rings. The van der Waals surface area contributed by atoms with Gasteiger partial charge in [-0.25, -0.2) is 0 Å². The summed E-state index contributed by atoms with van der Waals surface area (Å²) in [6, 6.07) is 8.89. The third kappa shape index (κ3) is 3.18. The van der Waals surface area contributed by atoms with E-state index < -0.39 is 5.97 Å². The maximum atomic E-state index is 12.7. The van der Waals surface area contributed by atoms with Crippen molar-refractivity contribution in [2.24, 2.45) is 0 Å². The minimum atomic E-state index is -1.02. The Hall–Kier alpha value is -2.43. The molecular formula is C16H18N2O3. The van der Waals surface area contributed by atoms with Crippen LogP contribution in [0.1, 0.15) is 29.9 Å². The minimum absolute atomic E-state index is 0.194. The number of fused-ring (bicyclic) bond motifs is 1. The summed E-state index contributed by atoms with van der Waals surface area (Å²) in [6.45, 7) is 5.11. The highest BCUT2D eigenvalue weighted by molar-refractivity contribution is 6.07. The van der Waals surface area contributed by atoms with Gasteiger partial charge >= 0.3 is 5.97 Å². The first-order valence-electron chi connectivity index (χ1n) is 6.79. The molecule has 110 valence electrons. The number of hydrogen-bond donors (Lipinski definition) is 1. The summed E-state index contributed by atoms with van der Waals surface area (Å²) in [6.07, 6.45) is 0. The number of carbonyl (C=O) groups excluding carboxylic acids is 1. The minimum Gasteiger partial charge on any atom is -0.480 e. The van der Waals surface area contributed by atoms with Crippen molar-refractivity contribution >= 4 is 22.8 Å². The average Bonchev–Trinajstić information content (AvgIpc) is 2.42. The maximum Gasteiger partial charge on any atom is 0.323 e. The number of aromatic nitrogens is 1. The number of aliphatic carboxylic acids is 1. The Morgan fingerprint density at radius 1 is 1.29 bits per heavy atom. The Bertz CT molecular complexity index is 695. The number of carbonyl (C=O) groups is 2. The van der Waals surface area contributed by atoms with Crippen molar-refractivity contribution < 1.29 is 14.7 Å². The third-order valence-electron chi connectivity index (χ3n) is 3.26. The van der Waals surface area contributed by atoms with Crippen LogP contribution in [0, 0.1) is 6.92 Å². The molecule has 0 aliphatic heterocycles. The Morgan fingerprint density at radius 2 is 1.95 bits per heavy atom. The largest absolute Gasteiger partial charge is 0.480 e. The molecule has 0 aliphatic carbocycles. The second-order valence-corrected chi connectivity index (χ2v) is 5.25. The van der Waals surface area contributed by atoms with Gasteiger partial charge in [0.05, 0.1) is 11.1 Å². The van der Waals surface area contributed by atoms with Gasteiger partial charge in [0, 0.05) is 17.1 Å². The molecule has 0 fully saturated rings. The number of benzene rings is 1. The molecule has 1 heterocycles. The summed E-state index contributed by atoms with van der Waals surface area (Å²) in [7, 11) is 0. The highest BCUT2D eigenvalue weighted by atomic mass is 16.4. The molecule has 2 aromatic rings. The zero-order valence-corrected chi connectivity index (χ0v) is 12.3. The van der Waals surface area contributed by atoms with Crippen LogP contribution in [0.4, 0.5) is 0 Å². The molecule has 5 heteroatoms. The Balaban J connectivity index is 2.53. The van der Waals surface area contributed by atoms with Crippen LogP contribution in [0.15, 0.2) is 30.3 Å². The van der Waals surface area contributed by atoms with E-state index in [-0.39, 0.29) is 18.5 Å². The van der Waals surface area contributed by atoms with Crippen LogP contribution >= 0.6 is 0 Å². The second kappa shape index (κ2) is 5.91. The predicted octanol–water partition coefficient (Wildman–Crippen LogP) is 2.48. The van der Waals surface area contributed by atoms with Crippen LogP contribution in [0.5, 0.6) is 0 Å². The number of amides is 1. The molecule has 0 atom stereocenters. The molecule has 1 aromatic carbocycles. The van der Waals surface area contributed by atoms with Crippen LogP contribution in [-0.4, -0.2) is 39.5 Å². The van der Waals surface area contributed by atoms with Gasteiger partial charge in [-0.15, -0.1) is 0 Å². The first kappa shape index (κ1) is 15.0. The monoisotopic (exact) mass is 286 g/mol. The van der Waals surface area contributed by atoms with Crippen LogP contribution in [0.2, 0.25) is 0 Å². The van der Waals surface area contributed by atoms with E-state index >= 15 is 0 Å². The average molecular weight is 286 g/mol. The lowest BCUT2D eigenvalue weighted by Gasteiger charge is -2.25. The number of para-hydroxylation sites is 1. The molecule has 0 bridgehead atoms. The summed E-state index contributed by atoms with van der Waals surface area (Å²) >= 11 is 0. The number of carboxylic acid groups (broad SMARTS) is 1. The molecule has 0 spiro atoms. The second-order valence-electron chi connectivity index (χ2n) is 5.25. The quantitative estimate of drug-likeness (QED) is 0.937. The number of carboxylic acids is 1. The highest BCUT2D eigenvalue weighted by Gasteiger charge is 2.23. The van der Waals surface area contributed by atoms with Gasteiger partial charge in [0.15, 0.2) is 0 Å². The molecule has 5 nitrogen and oxygen atoms in total. The first-order valence-corrected chi connectivity index (χ1v) is 6.79. The van der Waals surface area contributed by atoms with Crippen molar-refractivity contribution in [1.29, 1.82) is 0 Å². The maximum absolute atomic E-state index is 12.7. The van der Waals surface area contributed by atoms with Crippen molar-refractivity contribution in [3.63, 3.8) is 0 Å². The lowest BCUT2D eigenvalue weighted by atomic mass is 10.1.